The number of carbonyl (C=O) groups excluding carboxylic acids is 2. The van der Waals surface area contributed by atoms with Crippen LogP contribution < -0.4 is 9.64 Å². The fourth-order valence-corrected chi connectivity index (χ4v) is 4.32. The van der Waals surface area contributed by atoms with Crippen molar-refractivity contribution in [3.8, 4) is 5.75 Å². The summed E-state index contributed by atoms with van der Waals surface area (Å²) >= 11 is 0. The minimum atomic E-state index is -1.02. The first-order valence-corrected chi connectivity index (χ1v) is 10.9. The molecule has 6 heteroatoms. The van der Waals surface area contributed by atoms with Crippen molar-refractivity contribution >= 4 is 17.6 Å². The van der Waals surface area contributed by atoms with Crippen LogP contribution in [0, 0.1) is 0 Å². The number of hydrogen-bond donors (Lipinski definition) is 0. The van der Waals surface area contributed by atoms with E-state index in [-0.39, 0.29) is 11.9 Å². The van der Waals surface area contributed by atoms with Crippen LogP contribution in [-0.4, -0.2) is 56.2 Å². The van der Waals surface area contributed by atoms with Crippen molar-refractivity contribution in [1.29, 1.82) is 0 Å². The molecule has 1 amide bonds. The normalized spacial score (nSPS) is 15.8. The molecule has 1 saturated heterocycles. The van der Waals surface area contributed by atoms with Gasteiger partial charge in [0.2, 0.25) is 5.91 Å². The number of nitrogens with zero attached hydrogens (tertiary/aromatic N) is 2. The molecule has 0 radical (unpaired) electrons. The smallest absolute Gasteiger partial charge is 0.332 e. The van der Waals surface area contributed by atoms with Crippen molar-refractivity contribution in [2.24, 2.45) is 0 Å². The number of rotatable bonds is 8. The maximum atomic E-state index is 13.1. The van der Waals surface area contributed by atoms with E-state index in [1.807, 2.05) is 31.2 Å². The Balaban J connectivity index is 1.83. The van der Waals surface area contributed by atoms with Crippen LogP contribution >= 0.6 is 0 Å². The largest absolute Gasteiger partial charge is 0.497 e. The van der Waals surface area contributed by atoms with E-state index in [0.717, 1.165) is 26.1 Å². The van der Waals surface area contributed by atoms with Crippen LogP contribution in [-0.2, 0) is 20.7 Å². The van der Waals surface area contributed by atoms with Crippen LogP contribution in [0.3, 0.4) is 0 Å². The molecular weight excluding hydrogens is 392 g/mol. The van der Waals surface area contributed by atoms with Crippen LogP contribution in [0.5, 0.6) is 5.75 Å². The summed E-state index contributed by atoms with van der Waals surface area (Å²) in [7, 11) is 2.98. The lowest BCUT2D eigenvalue weighted by Gasteiger charge is -2.46. The molecule has 31 heavy (non-hydrogen) atoms. The number of anilines is 1. The zero-order valence-electron chi connectivity index (χ0n) is 18.7. The summed E-state index contributed by atoms with van der Waals surface area (Å²) in [6, 6.07) is 17.7. The van der Waals surface area contributed by atoms with Crippen LogP contribution in [0.4, 0.5) is 5.69 Å². The molecule has 0 aromatic heterocycles. The van der Waals surface area contributed by atoms with Crippen molar-refractivity contribution < 1.29 is 19.1 Å². The number of likely N-dealkylation sites (tertiary alicyclic amines) is 1. The third kappa shape index (κ3) is 5.07. The van der Waals surface area contributed by atoms with Gasteiger partial charge in [0.25, 0.3) is 0 Å². The van der Waals surface area contributed by atoms with E-state index in [2.05, 4.69) is 29.2 Å². The maximum absolute atomic E-state index is 13.1. The first kappa shape index (κ1) is 22.8. The molecule has 1 aliphatic heterocycles. The average Bonchev–Trinajstić information content (AvgIpc) is 2.83. The molecule has 1 aliphatic rings. The average molecular weight is 425 g/mol. The number of carbonyl (C=O) groups is 2. The molecule has 0 saturated carbocycles. The monoisotopic (exact) mass is 424 g/mol. The van der Waals surface area contributed by atoms with Gasteiger partial charge in [-0.1, -0.05) is 43.3 Å². The lowest BCUT2D eigenvalue weighted by atomic mass is 9.84. The zero-order valence-corrected chi connectivity index (χ0v) is 18.7. The summed E-state index contributed by atoms with van der Waals surface area (Å²) in [6.45, 7) is 4.18. The van der Waals surface area contributed by atoms with Gasteiger partial charge in [0.05, 0.1) is 14.2 Å². The van der Waals surface area contributed by atoms with E-state index in [0.29, 0.717) is 30.7 Å². The summed E-state index contributed by atoms with van der Waals surface area (Å²) < 4.78 is 10.6. The molecule has 0 bridgehead atoms. The predicted octanol–water partition coefficient (Wildman–Crippen LogP) is 3.69. The number of methoxy groups -OCH3 is 2. The van der Waals surface area contributed by atoms with Crippen LogP contribution in [0.2, 0.25) is 0 Å². The second kappa shape index (κ2) is 10.4. The van der Waals surface area contributed by atoms with Gasteiger partial charge in [0.1, 0.15) is 11.3 Å². The van der Waals surface area contributed by atoms with Gasteiger partial charge in [-0.2, -0.15) is 0 Å². The first-order chi connectivity index (χ1) is 15.0. The zero-order chi connectivity index (χ0) is 22.3. The number of hydrogen-bond acceptors (Lipinski definition) is 5. The fraction of sp³-hybridized carbons (Fsp3) is 0.440. The summed E-state index contributed by atoms with van der Waals surface area (Å²) in [5.41, 5.74) is 0.943. The molecule has 2 aromatic carbocycles. The van der Waals surface area contributed by atoms with E-state index < -0.39 is 5.54 Å². The highest BCUT2D eigenvalue weighted by atomic mass is 16.5. The number of ether oxygens (including phenoxy) is 2. The van der Waals surface area contributed by atoms with Crippen molar-refractivity contribution in [2.45, 2.75) is 38.1 Å². The highest BCUT2D eigenvalue weighted by Crippen LogP contribution is 2.36. The Morgan fingerprint density at radius 3 is 2.35 bits per heavy atom. The van der Waals surface area contributed by atoms with E-state index in [4.69, 9.17) is 9.47 Å². The molecule has 6 nitrogen and oxygen atoms in total. The predicted molar refractivity (Wildman–Crippen MR) is 121 cm³/mol. The molecule has 166 valence electrons. The highest BCUT2D eigenvalue weighted by Gasteiger charge is 2.49. The van der Waals surface area contributed by atoms with E-state index in [1.165, 1.54) is 12.7 Å². The number of benzene rings is 2. The fourth-order valence-electron chi connectivity index (χ4n) is 4.32. The molecule has 0 aliphatic carbocycles. The van der Waals surface area contributed by atoms with Gasteiger partial charge in [-0.15, -0.1) is 0 Å². The second-order valence-electron chi connectivity index (χ2n) is 7.88. The summed E-state index contributed by atoms with van der Waals surface area (Å²) in [5.74, 6) is 0.183. The topological polar surface area (TPSA) is 59.1 Å². The van der Waals surface area contributed by atoms with E-state index in [1.54, 1.807) is 18.1 Å². The molecule has 0 unspecified atom stereocenters. The third-order valence-electron chi connectivity index (χ3n) is 6.10. The summed E-state index contributed by atoms with van der Waals surface area (Å²) in [6.07, 6.45) is 2.31. The van der Waals surface area contributed by atoms with Crippen molar-refractivity contribution in [2.75, 3.05) is 38.8 Å². The molecule has 0 spiro atoms. The Kier molecular flexibility index (Phi) is 7.69. The molecule has 2 aromatic rings. The highest BCUT2D eigenvalue weighted by molar-refractivity contribution is 6.02. The second-order valence-corrected chi connectivity index (χ2v) is 7.88. The van der Waals surface area contributed by atoms with Gasteiger partial charge in [-0.3, -0.25) is 9.69 Å². The molecule has 0 atom stereocenters. The van der Waals surface area contributed by atoms with Crippen molar-refractivity contribution in [3.05, 3.63) is 60.2 Å². The van der Waals surface area contributed by atoms with Crippen molar-refractivity contribution in [3.63, 3.8) is 0 Å². The Hall–Kier alpha value is -2.86. The lowest BCUT2D eigenvalue weighted by Crippen LogP contribution is -2.62. The minimum Gasteiger partial charge on any atom is -0.497 e. The lowest BCUT2D eigenvalue weighted by molar-refractivity contribution is -0.151. The standard InChI is InChI=1S/C25H32N2O4/c1-4-23(28)27(21-11-8-12-22(19-21)30-2)25(24(29)31-3)14-17-26(18-15-25)16-13-20-9-6-5-7-10-20/h5-12,19H,4,13-18H2,1-3H3. The Morgan fingerprint density at radius 2 is 1.74 bits per heavy atom. The van der Waals surface area contributed by atoms with Crippen LogP contribution in [0.25, 0.3) is 0 Å². The maximum Gasteiger partial charge on any atom is 0.332 e. The van der Waals surface area contributed by atoms with Gasteiger partial charge < -0.3 is 14.4 Å². The van der Waals surface area contributed by atoms with Gasteiger partial charge in [-0.05, 0) is 37.0 Å². The quantitative estimate of drug-likeness (QED) is 0.605. The van der Waals surface area contributed by atoms with Crippen molar-refractivity contribution in [1.82, 2.24) is 4.90 Å². The molecule has 1 fully saturated rings. The Bertz CT molecular complexity index is 876. The minimum absolute atomic E-state index is 0.101. The van der Waals surface area contributed by atoms with Gasteiger partial charge in [-0.25, -0.2) is 4.79 Å². The number of piperidine rings is 1. The van der Waals surface area contributed by atoms with Gasteiger partial charge in [0, 0.05) is 37.8 Å². The van der Waals surface area contributed by atoms with E-state index in [9.17, 15) is 9.59 Å². The Morgan fingerprint density at radius 1 is 1.03 bits per heavy atom. The molecule has 3 rings (SSSR count). The van der Waals surface area contributed by atoms with Gasteiger partial charge >= 0.3 is 5.97 Å². The number of esters is 1. The summed E-state index contributed by atoms with van der Waals surface area (Å²) in [4.78, 5) is 30.2. The van der Waals surface area contributed by atoms with E-state index >= 15 is 0 Å². The SMILES string of the molecule is CCC(=O)N(c1cccc(OC)c1)C1(C(=O)OC)CCN(CCc2ccccc2)CC1. The molecule has 1 heterocycles. The van der Waals surface area contributed by atoms with Gasteiger partial charge in [0.15, 0.2) is 0 Å². The Labute approximate surface area is 184 Å². The molecular formula is C25H32N2O4. The third-order valence-corrected chi connectivity index (χ3v) is 6.10. The number of amides is 1. The van der Waals surface area contributed by atoms with Crippen LogP contribution in [0.1, 0.15) is 31.7 Å². The summed E-state index contributed by atoms with van der Waals surface area (Å²) in [5, 5.41) is 0. The first-order valence-electron chi connectivity index (χ1n) is 10.9. The molecule has 0 N–H and O–H groups in total. The van der Waals surface area contributed by atoms with Crippen LogP contribution in [0.15, 0.2) is 54.6 Å².